The molecule has 3 aromatic carbocycles. The van der Waals surface area contributed by atoms with E-state index < -0.39 is 11.4 Å². The minimum atomic E-state index is -0.613. The van der Waals surface area contributed by atoms with Gasteiger partial charge in [0, 0.05) is 16.6 Å². The predicted octanol–water partition coefficient (Wildman–Crippen LogP) is 12.9. The minimum Gasteiger partial charge on any atom is -0.493 e. The van der Waals surface area contributed by atoms with Crippen molar-refractivity contribution in [3.63, 3.8) is 0 Å². The van der Waals surface area contributed by atoms with E-state index in [0.29, 0.717) is 56.0 Å². The van der Waals surface area contributed by atoms with Gasteiger partial charge in [-0.05, 0) is 166 Å². The van der Waals surface area contributed by atoms with E-state index in [1.807, 2.05) is 0 Å². The summed E-state index contributed by atoms with van der Waals surface area (Å²) in [6, 6.07) is 20.7. The lowest BCUT2D eigenvalue weighted by atomic mass is 9.77. The van der Waals surface area contributed by atoms with Crippen molar-refractivity contribution in [2.45, 2.75) is 156 Å². The molecule has 4 rings (SSSR count). The van der Waals surface area contributed by atoms with Gasteiger partial charge in [-0.15, -0.1) is 0 Å². The van der Waals surface area contributed by atoms with Gasteiger partial charge in [-0.1, -0.05) is 108 Å². The third-order valence-electron chi connectivity index (χ3n) is 13.0. The summed E-state index contributed by atoms with van der Waals surface area (Å²) < 4.78 is 17.6. The Hall–Kier alpha value is -4.20. The zero-order valence-electron chi connectivity index (χ0n) is 39.0. The molecule has 7 heteroatoms. The molecule has 340 valence electrons. The van der Waals surface area contributed by atoms with E-state index in [1.165, 1.54) is 79.2 Å². The Labute approximate surface area is 374 Å². The van der Waals surface area contributed by atoms with Crippen LogP contribution < -0.4 is 4.74 Å². The molecule has 7 nitrogen and oxygen atoms in total. The van der Waals surface area contributed by atoms with E-state index in [9.17, 15) is 19.8 Å². The Morgan fingerprint density at radius 2 is 1.24 bits per heavy atom. The number of unbranched alkanes of at least 4 members (excludes halogenated alkanes) is 4. The number of carbonyl (C=O) groups is 2. The molecule has 0 aliphatic heterocycles. The fourth-order valence-corrected chi connectivity index (χ4v) is 9.05. The molecular formula is C55H78O7. The predicted molar refractivity (Wildman–Crippen MR) is 255 cm³/mol. The fraction of sp³-hybridized carbons (Fsp3) is 0.564. The van der Waals surface area contributed by atoms with Crippen LogP contribution in [0, 0.1) is 11.3 Å². The molecule has 1 saturated carbocycles. The smallest absolute Gasteiger partial charge is 0.333 e. The molecule has 1 fully saturated rings. The van der Waals surface area contributed by atoms with Crippen LogP contribution in [-0.2, 0) is 38.3 Å². The molecule has 3 aromatic rings. The highest BCUT2D eigenvalue weighted by Gasteiger charge is 2.28. The van der Waals surface area contributed by atoms with Crippen molar-refractivity contribution in [3.8, 4) is 28.0 Å². The summed E-state index contributed by atoms with van der Waals surface area (Å²) in [5.74, 6) is 1.63. The normalized spacial score (nSPS) is 15.3. The van der Waals surface area contributed by atoms with Gasteiger partial charge in [0.05, 0.1) is 33.0 Å². The number of hydrogen-bond acceptors (Lipinski definition) is 7. The van der Waals surface area contributed by atoms with Crippen LogP contribution in [0.25, 0.3) is 22.3 Å². The molecule has 0 atom stereocenters. The molecule has 0 spiro atoms. The largest absolute Gasteiger partial charge is 0.493 e. The van der Waals surface area contributed by atoms with Gasteiger partial charge in [0.25, 0.3) is 0 Å². The maximum absolute atomic E-state index is 12.2. The monoisotopic (exact) mass is 851 g/mol. The molecule has 1 aliphatic carbocycles. The van der Waals surface area contributed by atoms with E-state index in [1.54, 1.807) is 13.8 Å². The van der Waals surface area contributed by atoms with Gasteiger partial charge in [0.2, 0.25) is 0 Å². The Morgan fingerprint density at radius 1 is 0.645 bits per heavy atom. The molecule has 0 radical (unpaired) electrons. The highest BCUT2D eigenvalue weighted by molar-refractivity contribution is 5.87. The first-order chi connectivity index (χ1) is 30.0. The molecule has 0 unspecified atom stereocenters. The van der Waals surface area contributed by atoms with Crippen molar-refractivity contribution in [2.24, 2.45) is 11.3 Å². The molecule has 0 aromatic heterocycles. The zero-order valence-corrected chi connectivity index (χ0v) is 39.0. The third-order valence-corrected chi connectivity index (χ3v) is 13.0. The fourth-order valence-electron chi connectivity index (χ4n) is 9.05. The van der Waals surface area contributed by atoms with Crippen LogP contribution in [0.2, 0.25) is 0 Å². The van der Waals surface area contributed by atoms with Gasteiger partial charge in [0.1, 0.15) is 5.75 Å². The van der Waals surface area contributed by atoms with Crippen molar-refractivity contribution < 1.29 is 34.0 Å². The molecule has 0 saturated heterocycles. The van der Waals surface area contributed by atoms with Crippen molar-refractivity contribution in [1.82, 2.24) is 0 Å². The number of aryl methyl sites for hydroxylation is 3. The summed E-state index contributed by atoms with van der Waals surface area (Å²) in [4.78, 5) is 24.2. The number of benzene rings is 3. The number of ether oxygens (including phenoxy) is 3. The van der Waals surface area contributed by atoms with Gasteiger partial charge in [-0.3, -0.25) is 0 Å². The first kappa shape index (κ1) is 50.4. The zero-order chi connectivity index (χ0) is 44.9. The van der Waals surface area contributed by atoms with Crippen molar-refractivity contribution >= 4 is 11.9 Å². The SMILES string of the molecule is C=C(C)C(=O)OCCCCCc1cc(-c2ccc(-c3ccc(C4CCC(CCCCC)CC4)cc3)cc2CC)cc(CCCOC(=O)C(=C)C)c1OCCC(CO)(CO)CCC. The summed E-state index contributed by atoms with van der Waals surface area (Å²) in [6.07, 6.45) is 18.1. The van der Waals surface area contributed by atoms with E-state index in [0.717, 1.165) is 66.9 Å². The van der Waals surface area contributed by atoms with Crippen molar-refractivity contribution in [2.75, 3.05) is 33.0 Å². The van der Waals surface area contributed by atoms with Gasteiger partial charge in [-0.2, -0.15) is 0 Å². The number of aliphatic hydroxyl groups is 2. The lowest BCUT2D eigenvalue weighted by Gasteiger charge is -2.30. The number of aliphatic hydroxyl groups excluding tert-OH is 2. The minimum absolute atomic E-state index is 0.108. The molecule has 0 heterocycles. The van der Waals surface area contributed by atoms with Gasteiger partial charge < -0.3 is 24.4 Å². The third kappa shape index (κ3) is 15.3. The van der Waals surface area contributed by atoms with E-state index in [2.05, 4.69) is 88.5 Å². The van der Waals surface area contributed by atoms with Gasteiger partial charge >= 0.3 is 11.9 Å². The van der Waals surface area contributed by atoms with Crippen LogP contribution in [0.4, 0.5) is 0 Å². The van der Waals surface area contributed by atoms with Gasteiger partial charge in [-0.25, -0.2) is 9.59 Å². The van der Waals surface area contributed by atoms with Crippen molar-refractivity contribution in [1.29, 1.82) is 0 Å². The van der Waals surface area contributed by atoms with Crippen LogP contribution in [-0.4, -0.2) is 55.2 Å². The lowest BCUT2D eigenvalue weighted by Crippen LogP contribution is -2.31. The number of hydrogen-bond donors (Lipinski definition) is 2. The molecule has 62 heavy (non-hydrogen) atoms. The average molecular weight is 851 g/mol. The Bertz CT molecular complexity index is 1860. The lowest BCUT2D eigenvalue weighted by molar-refractivity contribution is -0.139. The molecule has 0 bridgehead atoms. The Morgan fingerprint density at radius 3 is 1.82 bits per heavy atom. The highest BCUT2D eigenvalue weighted by Crippen LogP contribution is 2.40. The molecule has 1 aliphatic rings. The molecule has 0 amide bonds. The number of esters is 2. The van der Waals surface area contributed by atoms with Crippen molar-refractivity contribution in [3.05, 3.63) is 101 Å². The summed E-state index contributed by atoms with van der Waals surface area (Å²) in [6.45, 7) is 18.0. The maximum atomic E-state index is 12.2. The quantitative estimate of drug-likeness (QED) is 0.0426. The summed E-state index contributed by atoms with van der Waals surface area (Å²) >= 11 is 0. The van der Waals surface area contributed by atoms with E-state index >= 15 is 0 Å². The molecular weight excluding hydrogens is 773 g/mol. The van der Waals surface area contributed by atoms with Crippen LogP contribution in [0.5, 0.6) is 5.75 Å². The topological polar surface area (TPSA) is 102 Å². The van der Waals surface area contributed by atoms with Crippen LogP contribution >= 0.6 is 0 Å². The van der Waals surface area contributed by atoms with Crippen LogP contribution in [0.1, 0.15) is 159 Å². The standard InChI is InChI=1S/C55H78O7/c1-8-11-13-17-42-20-22-44(23-21-42)45-24-26-46(27-25-45)47-28-29-51(43(10-3)35-47)50-36-48(18-14-12-15-32-61-53(58)40(4)5)52(60-34-31-55(38-56,39-57)30-9-2)49(37-50)19-16-33-62-54(59)41(6)7/h24-29,35-37,42,44,56-57H,4,6,8-23,30-34,38-39H2,1-3,5,7H3. The second-order valence-corrected chi connectivity index (χ2v) is 18.1. The maximum Gasteiger partial charge on any atom is 0.333 e. The van der Waals surface area contributed by atoms with E-state index in [4.69, 9.17) is 14.2 Å². The average Bonchev–Trinajstić information content (AvgIpc) is 3.29. The Balaban J connectivity index is 1.63. The van der Waals surface area contributed by atoms with E-state index in [-0.39, 0.29) is 25.8 Å². The van der Waals surface area contributed by atoms with Crippen LogP contribution in [0.15, 0.2) is 78.9 Å². The Kier molecular flexibility index (Phi) is 21.5. The summed E-state index contributed by atoms with van der Waals surface area (Å²) in [5, 5.41) is 20.6. The first-order valence-corrected chi connectivity index (χ1v) is 23.9. The number of carbonyl (C=O) groups excluding carboxylic acids is 2. The molecule has 2 N–H and O–H groups in total. The second-order valence-electron chi connectivity index (χ2n) is 18.1. The van der Waals surface area contributed by atoms with Gasteiger partial charge in [0.15, 0.2) is 0 Å². The number of rotatable bonds is 28. The second kappa shape index (κ2) is 26.4. The first-order valence-electron chi connectivity index (χ1n) is 23.9. The highest BCUT2D eigenvalue weighted by atomic mass is 16.5. The van der Waals surface area contributed by atoms with Crippen LogP contribution in [0.3, 0.4) is 0 Å². The summed E-state index contributed by atoms with van der Waals surface area (Å²) in [7, 11) is 0. The summed E-state index contributed by atoms with van der Waals surface area (Å²) in [5.41, 5.74) is 9.76.